The maximum atomic E-state index is 14.0. The van der Waals surface area contributed by atoms with Crippen LogP contribution >= 0.6 is 0 Å². The second-order valence-electron chi connectivity index (χ2n) is 10.2. The van der Waals surface area contributed by atoms with Gasteiger partial charge in [-0.05, 0) is 43.5 Å². The second-order valence-corrected chi connectivity index (χ2v) is 10.2. The summed E-state index contributed by atoms with van der Waals surface area (Å²) in [6, 6.07) is 9.08. The summed E-state index contributed by atoms with van der Waals surface area (Å²) in [6.07, 6.45) is 2.80. The van der Waals surface area contributed by atoms with E-state index < -0.39 is 29.6 Å². The van der Waals surface area contributed by atoms with Crippen LogP contribution in [0.25, 0.3) is 0 Å². The molecule has 0 bridgehead atoms. The fraction of sp³-hybridized carbons (Fsp3) is 0.419. The van der Waals surface area contributed by atoms with Gasteiger partial charge in [0.1, 0.15) is 28.8 Å². The molecule has 0 saturated heterocycles. The molecule has 0 aliphatic heterocycles. The fourth-order valence-corrected chi connectivity index (χ4v) is 5.28. The largest absolute Gasteiger partial charge is 0.497 e. The van der Waals surface area contributed by atoms with Gasteiger partial charge in [-0.3, -0.25) is 19.2 Å². The lowest BCUT2D eigenvalue weighted by Crippen LogP contribution is -2.45. The van der Waals surface area contributed by atoms with E-state index in [4.69, 9.17) is 27.8 Å². The quantitative estimate of drug-likeness (QED) is 0.230. The number of carbonyl (C=O) groups excluding carboxylic acids is 4. The Hall–Kier alpha value is -4.18. The van der Waals surface area contributed by atoms with E-state index in [1.54, 1.807) is 13.2 Å². The molecule has 4 rings (SSSR count). The molecule has 2 aromatic heterocycles. The molecule has 41 heavy (non-hydrogen) atoms. The zero-order valence-corrected chi connectivity index (χ0v) is 23.6. The molecule has 2 heterocycles. The monoisotopic (exact) mass is 566 g/mol. The first-order chi connectivity index (χ1) is 19.7. The summed E-state index contributed by atoms with van der Waals surface area (Å²) in [4.78, 5) is 51.6. The minimum Gasteiger partial charge on any atom is -0.497 e. The van der Waals surface area contributed by atoms with Crippen molar-refractivity contribution in [3.05, 3.63) is 77.1 Å². The number of methoxy groups -OCH3 is 2. The Morgan fingerprint density at radius 2 is 1.83 bits per heavy atom. The number of rotatable bonds is 11. The van der Waals surface area contributed by atoms with Gasteiger partial charge < -0.3 is 27.8 Å². The van der Waals surface area contributed by atoms with Crippen LogP contribution < -0.4 is 4.74 Å². The maximum Gasteiger partial charge on any atom is 0.319 e. The third kappa shape index (κ3) is 6.77. The lowest BCUT2D eigenvalue weighted by molar-refractivity contribution is -0.163. The highest BCUT2D eigenvalue weighted by Gasteiger charge is 2.51. The summed E-state index contributed by atoms with van der Waals surface area (Å²) in [7, 11) is 2.82. The van der Waals surface area contributed by atoms with Crippen molar-refractivity contribution in [2.24, 2.45) is 5.41 Å². The molecule has 1 aromatic carbocycles. The van der Waals surface area contributed by atoms with Crippen LogP contribution in [0.3, 0.4) is 0 Å². The van der Waals surface area contributed by atoms with Crippen molar-refractivity contribution in [3.63, 3.8) is 0 Å². The fourth-order valence-electron chi connectivity index (χ4n) is 5.28. The highest BCUT2D eigenvalue weighted by atomic mass is 16.5. The van der Waals surface area contributed by atoms with Crippen LogP contribution in [0.2, 0.25) is 0 Å². The van der Waals surface area contributed by atoms with Crippen molar-refractivity contribution in [2.75, 3.05) is 14.2 Å². The Balaban J connectivity index is 1.75. The van der Waals surface area contributed by atoms with Crippen LogP contribution in [0.15, 0.2) is 58.0 Å². The van der Waals surface area contributed by atoms with E-state index in [1.807, 2.05) is 24.3 Å². The van der Waals surface area contributed by atoms with Gasteiger partial charge in [-0.2, -0.15) is 0 Å². The van der Waals surface area contributed by atoms with E-state index in [-0.39, 0.29) is 50.3 Å². The van der Waals surface area contributed by atoms with Gasteiger partial charge in [0.05, 0.1) is 52.1 Å². The van der Waals surface area contributed by atoms with E-state index in [0.717, 1.165) is 5.56 Å². The predicted octanol–water partition coefficient (Wildman–Crippen LogP) is 5.03. The molecule has 218 valence electrons. The Morgan fingerprint density at radius 1 is 1.07 bits per heavy atom. The number of benzene rings is 1. The molecule has 1 aliphatic carbocycles. The molecular weight excluding hydrogens is 532 g/mol. The minimum absolute atomic E-state index is 0.0489. The van der Waals surface area contributed by atoms with Crippen LogP contribution in [-0.4, -0.2) is 37.7 Å². The Labute approximate surface area is 237 Å². The van der Waals surface area contributed by atoms with E-state index >= 15 is 0 Å². The number of hydrogen-bond acceptors (Lipinski definition) is 10. The van der Waals surface area contributed by atoms with Gasteiger partial charge in [0.2, 0.25) is 0 Å². The minimum atomic E-state index is -1.68. The van der Waals surface area contributed by atoms with Crippen molar-refractivity contribution >= 4 is 23.5 Å². The zero-order chi connectivity index (χ0) is 29.6. The number of esters is 2. The molecule has 0 saturated carbocycles. The van der Waals surface area contributed by atoms with Gasteiger partial charge in [0.15, 0.2) is 5.78 Å². The van der Waals surface area contributed by atoms with Crippen LogP contribution in [0, 0.1) is 5.41 Å². The van der Waals surface area contributed by atoms with Gasteiger partial charge in [0, 0.05) is 36.5 Å². The number of ketones is 2. The summed E-state index contributed by atoms with van der Waals surface area (Å²) in [6.45, 7) is 2.89. The average molecular weight is 567 g/mol. The van der Waals surface area contributed by atoms with Gasteiger partial charge in [-0.15, -0.1) is 0 Å². The van der Waals surface area contributed by atoms with Gasteiger partial charge in [-0.1, -0.05) is 12.1 Å². The van der Waals surface area contributed by atoms with Crippen molar-refractivity contribution in [3.8, 4) is 5.75 Å². The Morgan fingerprint density at radius 3 is 2.44 bits per heavy atom. The van der Waals surface area contributed by atoms with E-state index in [2.05, 4.69) is 0 Å². The van der Waals surface area contributed by atoms with E-state index in [9.17, 15) is 19.2 Å². The molecule has 3 aromatic rings. The van der Waals surface area contributed by atoms with Crippen molar-refractivity contribution in [1.82, 2.24) is 0 Å². The highest BCUT2D eigenvalue weighted by Crippen LogP contribution is 2.45. The predicted molar refractivity (Wildman–Crippen MR) is 144 cm³/mol. The first-order valence-electron chi connectivity index (χ1n) is 13.3. The molecule has 3 atom stereocenters. The molecule has 1 aliphatic rings. The maximum absolute atomic E-state index is 14.0. The molecular formula is C31H34O10. The molecule has 0 radical (unpaired) electrons. The Kier molecular flexibility index (Phi) is 9.44. The smallest absolute Gasteiger partial charge is 0.319 e. The molecule has 0 unspecified atom stereocenters. The van der Waals surface area contributed by atoms with Crippen LogP contribution in [0.1, 0.15) is 73.3 Å². The summed E-state index contributed by atoms with van der Waals surface area (Å²) < 4.78 is 33.4. The van der Waals surface area contributed by atoms with E-state index in [1.165, 1.54) is 39.7 Å². The molecule has 0 N–H and O–H groups in total. The molecule has 10 nitrogen and oxygen atoms in total. The lowest BCUT2D eigenvalue weighted by Gasteiger charge is -2.35. The van der Waals surface area contributed by atoms with Crippen LogP contribution in [0.4, 0.5) is 0 Å². The lowest BCUT2D eigenvalue weighted by atomic mass is 9.69. The molecule has 0 fully saturated rings. The Bertz CT molecular complexity index is 1370. The molecule has 10 heteroatoms. The zero-order valence-electron chi connectivity index (χ0n) is 23.6. The summed E-state index contributed by atoms with van der Waals surface area (Å²) in [5.41, 5.74) is 0.829. The number of hydrogen-bond donors (Lipinski definition) is 0. The number of Topliss-reactive ketones (excluding diaryl/α,β-unsaturated/α-hetero) is 2. The molecule has 0 amide bonds. The highest BCUT2D eigenvalue weighted by molar-refractivity contribution is 6.04. The first-order valence-corrected chi connectivity index (χ1v) is 13.3. The van der Waals surface area contributed by atoms with Crippen LogP contribution in [-0.2, 0) is 52.8 Å². The number of carbonyl (C=O) groups is 4. The SMILES string of the molecule is COC(=O)[C@@]1(C[C@H](OCc2ccc(OC)cc2)c2ccoc2)Cc2c(coc2CC(C)=O)[C@@H](OC(C)=O)CCC1=O. The number of fused-ring (bicyclic) bond motifs is 1. The van der Waals surface area contributed by atoms with Crippen molar-refractivity contribution in [2.45, 2.75) is 64.8 Å². The average Bonchev–Trinajstić information content (AvgIpc) is 3.62. The third-order valence-electron chi connectivity index (χ3n) is 7.36. The van der Waals surface area contributed by atoms with Gasteiger partial charge in [-0.25, -0.2) is 0 Å². The summed E-state index contributed by atoms with van der Waals surface area (Å²) >= 11 is 0. The van der Waals surface area contributed by atoms with Crippen LogP contribution in [0.5, 0.6) is 5.75 Å². The summed E-state index contributed by atoms with van der Waals surface area (Å²) in [5, 5.41) is 0. The standard InChI is InChI=1S/C31H34O10/c1-19(32)13-27-24-14-31(30(35)37-4,29(34)10-9-26(41-20(2)33)25(24)18-40-27)15-28(22-11-12-38-17-22)39-16-21-5-7-23(36-3)8-6-21/h5-8,11-12,17-18,26,28H,9-10,13-16H2,1-4H3/t26-,28-,31+/m0/s1. The topological polar surface area (TPSA) is 131 Å². The number of ether oxygens (including phenoxy) is 4. The third-order valence-corrected chi connectivity index (χ3v) is 7.36. The summed E-state index contributed by atoms with van der Waals surface area (Å²) in [5.74, 6) is -0.780. The normalized spacial score (nSPS) is 19.4. The first kappa shape index (κ1) is 29.8. The van der Waals surface area contributed by atoms with Gasteiger partial charge >= 0.3 is 11.9 Å². The van der Waals surface area contributed by atoms with Crippen molar-refractivity contribution < 1.29 is 47.0 Å². The molecule has 0 spiro atoms. The van der Waals surface area contributed by atoms with E-state index in [0.29, 0.717) is 28.2 Å². The van der Waals surface area contributed by atoms with Crippen molar-refractivity contribution in [1.29, 1.82) is 0 Å². The number of furan rings is 2. The van der Waals surface area contributed by atoms with Gasteiger partial charge in [0.25, 0.3) is 0 Å². The second kappa shape index (κ2) is 13.0.